The quantitative estimate of drug-likeness (QED) is 0.799. The maximum atomic E-state index is 10.2. The minimum Gasteiger partial charge on any atom is 0 e. The van der Waals surface area contributed by atoms with Gasteiger partial charge in [-0.05, 0) is 12.1 Å². The summed E-state index contributed by atoms with van der Waals surface area (Å²) in [5.41, 5.74) is 0.331. The molecule has 1 aromatic rings. The average Bonchev–Trinajstić information content (AvgIpc) is 1.90. The normalized spacial score (nSPS) is 7.27. The first-order valence-corrected chi connectivity index (χ1v) is 2.59. The van der Waals surface area contributed by atoms with Gasteiger partial charge < -0.3 is 5.11 Å². The van der Waals surface area contributed by atoms with Crippen LogP contribution in [0.25, 0.3) is 0 Å². The summed E-state index contributed by atoms with van der Waals surface area (Å²) in [7, 11) is 0. The third-order valence-corrected chi connectivity index (χ3v) is 1.02. The summed E-state index contributed by atoms with van der Waals surface area (Å²) in [5.74, 6) is -0.879. The van der Waals surface area contributed by atoms with Gasteiger partial charge in [-0.15, -0.1) is 0 Å². The molecule has 0 aliphatic heterocycles. The van der Waals surface area contributed by atoms with E-state index in [1.807, 2.05) is 0 Å². The van der Waals surface area contributed by atoms with Crippen LogP contribution in [0, 0.1) is 0 Å². The fraction of sp³-hybridized carbons (Fsp3) is 0. The van der Waals surface area contributed by atoms with Gasteiger partial charge in [0.05, 0.1) is 5.56 Å². The molecule has 0 amide bonds. The molecule has 1 radical (unpaired) electrons. The number of hydrogen-bond acceptors (Lipinski definition) is 1. The van der Waals surface area contributed by atoms with E-state index in [0.717, 1.165) is 0 Å². The van der Waals surface area contributed by atoms with Crippen molar-refractivity contribution in [2.24, 2.45) is 0 Å². The molecule has 0 unspecified atom stereocenters. The van der Waals surface area contributed by atoms with Crippen molar-refractivity contribution in [1.82, 2.24) is 0 Å². The Labute approximate surface area is 109 Å². The molecular weight excluding hydrogens is 320 g/mol. The summed E-state index contributed by atoms with van der Waals surface area (Å²) in [6, 6.07) is 8.30. The number of hydrogen-bond donors (Lipinski definition) is 1. The molecule has 1 aromatic carbocycles. The monoisotopic (exact) mass is 329 g/mol. The summed E-state index contributed by atoms with van der Waals surface area (Å²) in [5, 5.41) is 8.38. The molecule has 0 aliphatic rings. The van der Waals surface area contributed by atoms with Crippen LogP contribution in [-0.2, 0) is 32.7 Å². The van der Waals surface area contributed by atoms with Crippen LogP contribution >= 0.6 is 0 Å². The van der Waals surface area contributed by atoms with Gasteiger partial charge in [0.15, 0.2) is 0 Å². The molecule has 0 atom stereocenters. The van der Waals surface area contributed by atoms with Crippen LogP contribution in [0.2, 0.25) is 0 Å². The van der Waals surface area contributed by atoms with Crippen molar-refractivity contribution in [1.29, 1.82) is 0 Å². The first-order valence-electron chi connectivity index (χ1n) is 2.59. The van der Waals surface area contributed by atoms with Crippen LogP contribution in [0.15, 0.2) is 30.3 Å². The summed E-state index contributed by atoms with van der Waals surface area (Å²) in [4.78, 5) is 10.2. The molecule has 0 spiro atoms. The maximum absolute atomic E-state index is 10.2. The summed E-state index contributed by atoms with van der Waals surface area (Å²) < 4.78 is 0. The summed E-state index contributed by atoms with van der Waals surface area (Å²) >= 11 is 0. The molecule has 0 saturated carbocycles. The maximum Gasteiger partial charge on any atom is 0 e. The van der Waals surface area contributed by atoms with Crippen molar-refractivity contribution in [3.63, 3.8) is 0 Å². The van der Waals surface area contributed by atoms with Gasteiger partial charge >= 0.3 is 31.8 Å². The van der Waals surface area contributed by atoms with Crippen molar-refractivity contribution >= 4 is 31.8 Å². The van der Waals surface area contributed by atoms with E-state index < -0.39 is 5.97 Å². The summed E-state index contributed by atoms with van der Waals surface area (Å²) in [6.07, 6.45) is 0. The molecule has 4 heteroatoms. The minimum atomic E-state index is -0.879. The van der Waals surface area contributed by atoms with E-state index in [1.165, 1.54) is 0 Å². The van der Waals surface area contributed by atoms with Crippen LogP contribution in [0.3, 0.4) is 0 Å². The number of aromatic carboxylic acids is 1. The van der Waals surface area contributed by atoms with E-state index in [-0.39, 0.29) is 58.6 Å². The van der Waals surface area contributed by atoms with Crippen molar-refractivity contribution in [3.8, 4) is 0 Å². The molecule has 11 heavy (non-hydrogen) atoms. The number of carboxylic acid groups (broad SMARTS) is 1. The Morgan fingerprint density at radius 1 is 1.18 bits per heavy atom. The second-order valence-electron chi connectivity index (χ2n) is 1.67. The molecule has 1 rings (SSSR count). The molecule has 1 N–H and O–H groups in total. The van der Waals surface area contributed by atoms with E-state index in [2.05, 4.69) is 0 Å². The molecule has 0 saturated heterocycles. The van der Waals surface area contributed by atoms with Crippen LogP contribution < -0.4 is 0 Å². The fourth-order valence-electron chi connectivity index (χ4n) is 0.581. The Balaban J connectivity index is 0. The molecular formula is C7H9InO2Y. The fourth-order valence-corrected chi connectivity index (χ4v) is 0.581. The predicted molar refractivity (Wildman–Crippen MR) is 43.3 cm³/mol. The molecule has 0 aromatic heterocycles. The van der Waals surface area contributed by atoms with Crippen LogP contribution in [0.4, 0.5) is 0 Å². The standard InChI is InChI=1S/C7H6O2.In.Y.3H/c8-7(9)6-4-2-1-3-5-6;;;;;/h1-5H,(H,8,9);;;;;. The predicted octanol–water partition coefficient (Wildman–Crippen LogP) is 0.198. The van der Waals surface area contributed by atoms with E-state index in [1.54, 1.807) is 30.3 Å². The Morgan fingerprint density at radius 3 is 1.91 bits per heavy atom. The Bertz CT molecular complexity index is 213. The zero-order chi connectivity index (χ0) is 6.69. The minimum absolute atomic E-state index is 0. The van der Waals surface area contributed by atoms with Gasteiger partial charge in [0.1, 0.15) is 0 Å². The number of rotatable bonds is 1. The number of carboxylic acids is 1. The van der Waals surface area contributed by atoms with Gasteiger partial charge in [-0.1, -0.05) is 18.2 Å². The molecule has 55 valence electrons. The molecule has 0 heterocycles. The largest absolute Gasteiger partial charge is 0 e. The number of carbonyl (C=O) groups is 1. The van der Waals surface area contributed by atoms with Gasteiger partial charge in [-0.25, -0.2) is 4.79 Å². The SMILES string of the molecule is O=C(O)c1ccccc1.[InH3].[Y]. The second kappa shape index (κ2) is 7.32. The molecule has 0 fully saturated rings. The molecule has 0 bridgehead atoms. The Morgan fingerprint density at radius 2 is 1.64 bits per heavy atom. The third kappa shape index (κ3) is 4.99. The van der Waals surface area contributed by atoms with Gasteiger partial charge in [-0.2, -0.15) is 0 Å². The van der Waals surface area contributed by atoms with Gasteiger partial charge in [-0.3, -0.25) is 0 Å². The number of benzene rings is 1. The first-order chi connectivity index (χ1) is 4.30. The topological polar surface area (TPSA) is 37.3 Å². The zero-order valence-electron chi connectivity index (χ0n) is 5.32. The van der Waals surface area contributed by atoms with Crippen molar-refractivity contribution in [3.05, 3.63) is 35.9 Å². The van der Waals surface area contributed by atoms with Crippen LogP contribution in [0.1, 0.15) is 10.4 Å². The average molecular weight is 329 g/mol. The van der Waals surface area contributed by atoms with Gasteiger partial charge in [0, 0.05) is 32.7 Å². The smallest absolute Gasteiger partial charge is 0 e. The van der Waals surface area contributed by atoms with E-state index in [0.29, 0.717) is 5.56 Å². The zero-order valence-corrected chi connectivity index (χ0v) is 8.16. The Kier molecular flexibility index (Phi) is 9.45. The summed E-state index contributed by atoms with van der Waals surface area (Å²) in [6.45, 7) is 0. The first kappa shape index (κ1) is 14.2. The van der Waals surface area contributed by atoms with Crippen molar-refractivity contribution < 1.29 is 42.6 Å². The van der Waals surface area contributed by atoms with Gasteiger partial charge in [0.2, 0.25) is 0 Å². The van der Waals surface area contributed by atoms with Crippen LogP contribution in [-0.4, -0.2) is 36.9 Å². The van der Waals surface area contributed by atoms with Crippen molar-refractivity contribution in [2.45, 2.75) is 0 Å². The van der Waals surface area contributed by atoms with Crippen molar-refractivity contribution in [2.75, 3.05) is 0 Å². The van der Waals surface area contributed by atoms with E-state index in [4.69, 9.17) is 5.11 Å². The van der Waals surface area contributed by atoms with E-state index >= 15 is 0 Å². The molecule has 0 aliphatic carbocycles. The Hall–Kier alpha value is 0.664. The second-order valence-corrected chi connectivity index (χ2v) is 1.67. The van der Waals surface area contributed by atoms with Crippen LogP contribution in [0.5, 0.6) is 0 Å². The van der Waals surface area contributed by atoms with E-state index in [9.17, 15) is 4.79 Å². The van der Waals surface area contributed by atoms with Gasteiger partial charge in [0.25, 0.3) is 0 Å². The molecule has 2 nitrogen and oxygen atoms in total. The third-order valence-electron chi connectivity index (χ3n) is 1.02.